The molecule has 120 valence electrons. The molecular weight excluding hydrogens is 312 g/mol. The number of aliphatic hydroxyl groups is 1. The topological polar surface area (TPSA) is 130 Å². The van der Waals surface area contributed by atoms with Gasteiger partial charge in [0.25, 0.3) is 5.69 Å². The SMILES string of the molecule is CC(Sc1ccc([N+](=O)[O-])cc1)C(=O)NCC(C)(O)C(=O)O. The average Bonchev–Trinajstić information content (AvgIpc) is 2.45. The first-order chi connectivity index (χ1) is 10.1. The number of amides is 1. The van der Waals surface area contributed by atoms with Crippen LogP contribution in [0.4, 0.5) is 5.69 Å². The van der Waals surface area contributed by atoms with Crippen LogP contribution in [0.25, 0.3) is 0 Å². The number of carbonyl (C=O) groups excluding carboxylic acids is 1. The highest BCUT2D eigenvalue weighted by Crippen LogP contribution is 2.25. The van der Waals surface area contributed by atoms with E-state index in [1.54, 1.807) is 6.92 Å². The van der Waals surface area contributed by atoms with Crippen molar-refractivity contribution < 1.29 is 24.7 Å². The highest BCUT2D eigenvalue weighted by Gasteiger charge is 2.31. The average molecular weight is 328 g/mol. The Morgan fingerprint density at radius 1 is 1.41 bits per heavy atom. The maximum Gasteiger partial charge on any atom is 0.337 e. The molecule has 0 radical (unpaired) electrons. The van der Waals surface area contributed by atoms with Gasteiger partial charge in [0, 0.05) is 17.0 Å². The van der Waals surface area contributed by atoms with Crippen LogP contribution in [0, 0.1) is 10.1 Å². The number of nitro groups is 1. The number of hydrogen-bond donors (Lipinski definition) is 3. The van der Waals surface area contributed by atoms with Crippen LogP contribution in [0.5, 0.6) is 0 Å². The minimum Gasteiger partial charge on any atom is -0.479 e. The van der Waals surface area contributed by atoms with E-state index in [9.17, 15) is 24.8 Å². The number of carboxylic acids is 1. The fourth-order valence-corrected chi connectivity index (χ4v) is 2.27. The predicted molar refractivity (Wildman–Crippen MR) is 79.7 cm³/mol. The summed E-state index contributed by atoms with van der Waals surface area (Å²) >= 11 is 1.17. The maximum atomic E-state index is 11.8. The Bertz CT molecular complexity index is 572. The monoisotopic (exact) mass is 328 g/mol. The summed E-state index contributed by atoms with van der Waals surface area (Å²) in [5.41, 5.74) is -2.08. The van der Waals surface area contributed by atoms with Gasteiger partial charge in [0.2, 0.25) is 5.91 Å². The van der Waals surface area contributed by atoms with Crippen LogP contribution in [0.2, 0.25) is 0 Å². The third-order valence-corrected chi connectivity index (χ3v) is 3.91. The molecule has 0 saturated carbocycles. The first kappa shape index (κ1) is 17.9. The van der Waals surface area contributed by atoms with Crippen molar-refractivity contribution in [2.75, 3.05) is 6.54 Å². The van der Waals surface area contributed by atoms with E-state index in [-0.39, 0.29) is 5.69 Å². The Balaban J connectivity index is 2.57. The molecular formula is C13H16N2O6S. The van der Waals surface area contributed by atoms with E-state index in [1.807, 2.05) is 0 Å². The van der Waals surface area contributed by atoms with Crippen molar-refractivity contribution in [3.63, 3.8) is 0 Å². The molecule has 3 N–H and O–H groups in total. The highest BCUT2D eigenvalue weighted by atomic mass is 32.2. The van der Waals surface area contributed by atoms with Gasteiger partial charge in [-0.2, -0.15) is 0 Å². The van der Waals surface area contributed by atoms with E-state index in [0.29, 0.717) is 4.90 Å². The predicted octanol–water partition coefficient (Wildman–Crippen LogP) is 1.03. The molecule has 2 unspecified atom stereocenters. The molecule has 1 rings (SSSR count). The highest BCUT2D eigenvalue weighted by molar-refractivity contribution is 8.00. The van der Waals surface area contributed by atoms with Crippen molar-refractivity contribution in [2.45, 2.75) is 29.6 Å². The summed E-state index contributed by atoms with van der Waals surface area (Å²) in [6, 6.07) is 5.73. The van der Waals surface area contributed by atoms with Crippen LogP contribution in [0.3, 0.4) is 0 Å². The van der Waals surface area contributed by atoms with Crippen molar-refractivity contribution in [2.24, 2.45) is 0 Å². The van der Waals surface area contributed by atoms with Gasteiger partial charge in [0.05, 0.1) is 16.7 Å². The van der Waals surface area contributed by atoms with Gasteiger partial charge < -0.3 is 15.5 Å². The molecule has 0 spiro atoms. The zero-order chi connectivity index (χ0) is 16.9. The lowest BCUT2D eigenvalue weighted by Crippen LogP contribution is -2.48. The number of rotatable bonds is 7. The van der Waals surface area contributed by atoms with E-state index in [0.717, 1.165) is 6.92 Å². The molecule has 0 bridgehead atoms. The fourth-order valence-electron chi connectivity index (χ4n) is 1.38. The second-order valence-electron chi connectivity index (χ2n) is 4.81. The number of carbonyl (C=O) groups is 2. The lowest BCUT2D eigenvalue weighted by molar-refractivity contribution is -0.384. The smallest absolute Gasteiger partial charge is 0.337 e. The van der Waals surface area contributed by atoms with E-state index in [4.69, 9.17) is 5.11 Å². The molecule has 1 aromatic rings. The Morgan fingerprint density at radius 3 is 2.41 bits per heavy atom. The van der Waals surface area contributed by atoms with Gasteiger partial charge in [-0.1, -0.05) is 0 Å². The van der Waals surface area contributed by atoms with Gasteiger partial charge in [-0.15, -0.1) is 11.8 Å². The molecule has 0 aliphatic rings. The number of nitrogens with one attached hydrogen (secondary N) is 1. The van der Waals surface area contributed by atoms with Gasteiger partial charge in [-0.3, -0.25) is 14.9 Å². The zero-order valence-corrected chi connectivity index (χ0v) is 12.8. The molecule has 1 aromatic carbocycles. The molecule has 22 heavy (non-hydrogen) atoms. The van der Waals surface area contributed by atoms with Gasteiger partial charge in [0.15, 0.2) is 5.60 Å². The van der Waals surface area contributed by atoms with Crippen molar-refractivity contribution >= 4 is 29.3 Å². The third kappa shape index (κ3) is 5.01. The molecule has 0 fully saturated rings. The molecule has 0 saturated heterocycles. The summed E-state index contributed by atoms with van der Waals surface area (Å²) in [6.45, 7) is 2.28. The van der Waals surface area contributed by atoms with Crippen LogP contribution >= 0.6 is 11.8 Å². The van der Waals surface area contributed by atoms with Crippen molar-refractivity contribution in [3.8, 4) is 0 Å². The summed E-state index contributed by atoms with van der Waals surface area (Å²) < 4.78 is 0. The molecule has 9 heteroatoms. The summed E-state index contributed by atoms with van der Waals surface area (Å²) in [5, 5.41) is 30.6. The second kappa shape index (κ2) is 7.23. The van der Waals surface area contributed by atoms with Crippen LogP contribution in [0.1, 0.15) is 13.8 Å². The number of carboxylic acid groups (broad SMARTS) is 1. The Morgan fingerprint density at radius 2 is 1.95 bits per heavy atom. The van der Waals surface area contributed by atoms with Crippen LogP contribution in [0.15, 0.2) is 29.2 Å². The molecule has 0 aromatic heterocycles. The van der Waals surface area contributed by atoms with Gasteiger partial charge in [-0.25, -0.2) is 4.79 Å². The standard InChI is InChI=1S/C13H16N2O6S/c1-8(11(16)14-7-13(2,19)12(17)18)22-10-5-3-9(4-6-10)15(20)21/h3-6,8,19H,7H2,1-2H3,(H,14,16)(H,17,18). The van der Waals surface area contributed by atoms with Gasteiger partial charge in [0.1, 0.15) is 0 Å². The van der Waals surface area contributed by atoms with E-state index in [1.165, 1.54) is 36.0 Å². The molecule has 0 heterocycles. The van der Waals surface area contributed by atoms with Gasteiger partial charge in [-0.05, 0) is 26.0 Å². The zero-order valence-electron chi connectivity index (χ0n) is 12.0. The normalized spacial score (nSPS) is 14.7. The third-order valence-electron chi connectivity index (χ3n) is 2.80. The van der Waals surface area contributed by atoms with Crippen LogP contribution in [-0.4, -0.2) is 44.4 Å². The largest absolute Gasteiger partial charge is 0.479 e. The first-order valence-corrected chi connectivity index (χ1v) is 7.16. The molecule has 2 atom stereocenters. The number of non-ortho nitro benzene ring substituents is 1. The lowest BCUT2D eigenvalue weighted by atomic mass is 10.1. The summed E-state index contributed by atoms with van der Waals surface area (Å²) in [4.78, 5) is 33.3. The van der Waals surface area contributed by atoms with Crippen LogP contribution < -0.4 is 5.32 Å². The molecule has 8 nitrogen and oxygen atoms in total. The van der Waals surface area contributed by atoms with Gasteiger partial charge >= 0.3 is 5.97 Å². The lowest BCUT2D eigenvalue weighted by Gasteiger charge is -2.19. The fraction of sp³-hybridized carbons (Fsp3) is 0.385. The summed E-state index contributed by atoms with van der Waals surface area (Å²) in [6.07, 6.45) is 0. The number of benzene rings is 1. The number of nitro benzene ring substituents is 1. The second-order valence-corrected chi connectivity index (χ2v) is 6.22. The number of hydrogen-bond acceptors (Lipinski definition) is 6. The first-order valence-electron chi connectivity index (χ1n) is 6.28. The van der Waals surface area contributed by atoms with E-state index in [2.05, 4.69) is 5.32 Å². The molecule has 0 aliphatic heterocycles. The van der Waals surface area contributed by atoms with Crippen molar-refractivity contribution in [1.29, 1.82) is 0 Å². The molecule has 0 aliphatic carbocycles. The Labute approximate surface area is 130 Å². The van der Waals surface area contributed by atoms with E-state index >= 15 is 0 Å². The Kier molecular flexibility index (Phi) is 5.89. The van der Waals surface area contributed by atoms with Crippen molar-refractivity contribution in [1.82, 2.24) is 5.32 Å². The molecule has 1 amide bonds. The number of nitrogens with zero attached hydrogens (tertiary/aromatic N) is 1. The summed E-state index contributed by atoms with van der Waals surface area (Å²) in [7, 11) is 0. The van der Waals surface area contributed by atoms with Crippen molar-refractivity contribution in [3.05, 3.63) is 34.4 Å². The maximum absolute atomic E-state index is 11.8. The minimum atomic E-state index is -2.03. The van der Waals surface area contributed by atoms with E-state index < -0.39 is 34.2 Å². The Hall–Kier alpha value is -2.13. The number of aliphatic carboxylic acids is 1. The quantitative estimate of drug-likeness (QED) is 0.387. The van der Waals surface area contributed by atoms with Crippen LogP contribution in [-0.2, 0) is 9.59 Å². The summed E-state index contributed by atoms with van der Waals surface area (Å²) in [5.74, 6) is -1.87. The number of thioether (sulfide) groups is 1. The minimum absolute atomic E-state index is 0.0426.